The molecular weight excluding hydrogens is 212 g/mol. The van der Waals surface area contributed by atoms with Crippen molar-refractivity contribution in [3.63, 3.8) is 0 Å². The van der Waals surface area contributed by atoms with Crippen molar-refractivity contribution in [2.45, 2.75) is 27.6 Å². The largest absolute Gasteiger partial charge is 0.325 e. The molecule has 0 spiro atoms. The van der Waals surface area contributed by atoms with E-state index in [0.29, 0.717) is 11.3 Å². The van der Waals surface area contributed by atoms with E-state index in [2.05, 4.69) is 5.32 Å². The summed E-state index contributed by atoms with van der Waals surface area (Å²) in [5, 5.41) is 2.45. The molecule has 1 N–H and O–H groups in total. The lowest BCUT2D eigenvalue weighted by molar-refractivity contribution is -0.117. The molecule has 0 aliphatic heterocycles. The molecule has 3 nitrogen and oxygen atoms in total. The third-order valence-corrected chi connectivity index (χ3v) is 2.24. The molecule has 0 unspecified atom stereocenters. The topological polar surface area (TPSA) is 32.3 Å². The van der Waals surface area contributed by atoms with E-state index in [4.69, 9.17) is 13.7 Å². The smallest absolute Gasteiger partial charge is 0.238 e. The van der Waals surface area contributed by atoms with Crippen LogP contribution in [0.4, 0.5) is 5.69 Å². The number of carbonyl (C=O) groups excluding carboxylic acids is 1. The first-order valence-corrected chi connectivity index (χ1v) is 5.06. The van der Waals surface area contributed by atoms with Crippen molar-refractivity contribution in [3.05, 3.63) is 29.3 Å². The molecule has 1 aromatic carbocycles. The zero-order chi connectivity index (χ0) is 21.4. The number of hydrogen-bond acceptors (Lipinski definition) is 2. The van der Waals surface area contributed by atoms with E-state index in [1.54, 1.807) is 32.0 Å². The zero-order valence-corrected chi connectivity index (χ0v) is 9.79. The summed E-state index contributed by atoms with van der Waals surface area (Å²) >= 11 is 0. The molecule has 0 radical (unpaired) electrons. The Morgan fingerprint density at radius 2 is 2.12 bits per heavy atom. The van der Waals surface area contributed by atoms with Gasteiger partial charge in [-0.05, 0) is 44.0 Å². The maximum Gasteiger partial charge on any atom is 0.238 e. The lowest BCUT2D eigenvalue weighted by Crippen LogP contribution is -2.33. The number of likely N-dealkylation sites (N-methyl/N-ethyl adjacent to an activating group) is 1. The fourth-order valence-electron chi connectivity index (χ4n) is 1.31. The van der Waals surface area contributed by atoms with Crippen LogP contribution < -0.4 is 5.32 Å². The number of amides is 1. The van der Waals surface area contributed by atoms with E-state index in [9.17, 15) is 4.79 Å². The van der Waals surface area contributed by atoms with E-state index >= 15 is 0 Å². The maximum absolute atomic E-state index is 12.4. The zero-order valence-electron chi connectivity index (χ0n) is 19.8. The average molecular weight is 244 g/mol. The van der Waals surface area contributed by atoms with Gasteiger partial charge in [-0.1, -0.05) is 25.8 Å². The third kappa shape index (κ3) is 4.19. The number of rotatable bonds is 5. The van der Waals surface area contributed by atoms with Crippen LogP contribution in [0.25, 0.3) is 0 Å². The van der Waals surface area contributed by atoms with Crippen LogP contribution in [-0.4, -0.2) is 30.3 Å². The minimum absolute atomic E-state index is 0.0690. The molecule has 17 heavy (non-hydrogen) atoms. The first-order valence-electron chi connectivity index (χ1n) is 10.1. The molecule has 0 atom stereocenters. The van der Waals surface area contributed by atoms with Crippen molar-refractivity contribution in [2.24, 2.45) is 0 Å². The molecular formula is C14H22N2O. The predicted octanol–water partition coefficient (Wildman–Crippen LogP) is 2.58. The number of hydrogen-bond donors (Lipinski definition) is 1. The fraction of sp³-hybridized carbons (Fsp3) is 0.500. The van der Waals surface area contributed by atoms with E-state index in [0.717, 1.165) is 5.56 Å². The number of carbonyl (C=O) groups is 1. The summed E-state index contributed by atoms with van der Waals surface area (Å²) < 4.78 is 75.0. The Labute approximate surface area is 118 Å². The van der Waals surface area contributed by atoms with Crippen LogP contribution in [0.5, 0.6) is 0 Å². The summed E-state index contributed by atoms with van der Waals surface area (Å²) in [6.07, 6.45) is 0. The highest BCUT2D eigenvalue weighted by molar-refractivity contribution is 5.93. The molecule has 1 amide bonds. The van der Waals surface area contributed by atoms with Gasteiger partial charge in [-0.3, -0.25) is 9.69 Å². The van der Waals surface area contributed by atoms with Crippen LogP contribution >= 0.6 is 0 Å². The molecule has 0 fully saturated rings. The quantitative estimate of drug-likeness (QED) is 0.863. The SMILES string of the molecule is [2H]C([2H])([2H])C([2H])([2H])N(CC(=O)Nc1cc(C)ccc1C)C([2H])([2H])C([2H])([2H])[2H]. The standard InChI is InChI=1S/C14H22N2O/c1-5-16(6-2)10-14(17)15-13-9-11(3)7-8-12(13)4/h7-9H,5-6,10H2,1-4H3,(H,15,17)/i1D3,2D3,5D2,6D2. The monoisotopic (exact) mass is 244 g/mol. The van der Waals surface area contributed by atoms with Gasteiger partial charge in [0.1, 0.15) is 0 Å². The summed E-state index contributed by atoms with van der Waals surface area (Å²) in [6.45, 7) is -11.2. The number of aryl methyl sites for hydroxylation is 2. The number of benzene rings is 1. The molecule has 0 saturated heterocycles. The van der Waals surface area contributed by atoms with E-state index < -0.39 is 39.1 Å². The Kier molecular flexibility index (Phi) is 1.92. The van der Waals surface area contributed by atoms with Crippen LogP contribution in [0.3, 0.4) is 0 Å². The fourth-order valence-corrected chi connectivity index (χ4v) is 1.31. The van der Waals surface area contributed by atoms with E-state index in [-0.39, 0.29) is 4.90 Å². The van der Waals surface area contributed by atoms with Gasteiger partial charge in [-0.15, -0.1) is 0 Å². The molecule has 0 aliphatic carbocycles. The summed E-state index contributed by atoms with van der Waals surface area (Å²) in [5.41, 5.74) is 1.88. The molecule has 94 valence electrons. The van der Waals surface area contributed by atoms with Crippen LogP contribution in [0.15, 0.2) is 18.2 Å². The maximum atomic E-state index is 12.4. The lowest BCUT2D eigenvalue weighted by atomic mass is 10.1. The minimum atomic E-state index is -3.40. The van der Waals surface area contributed by atoms with Crippen molar-refractivity contribution in [2.75, 3.05) is 24.9 Å². The van der Waals surface area contributed by atoms with Crippen LogP contribution in [-0.2, 0) is 4.79 Å². The van der Waals surface area contributed by atoms with Crippen molar-refractivity contribution in [1.82, 2.24) is 4.90 Å². The summed E-state index contributed by atoms with van der Waals surface area (Å²) in [5.74, 6) is -0.940. The van der Waals surface area contributed by atoms with Crippen molar-refractivity contribution >= 4 is 11.6 Å². The molecule has 0 saturated carbocycles. The Hall–Kier alpha value is -1.35. The average Bonchev–Trinajstić information content (AvgIpc) is 2.46. The number of anilines is 1. The van der Waals surface area contributed by atoms with Gasteiger partial charge in [0.05, 0.1) is 6.54 Å². The molecule has 0 bridgehead atoms. The summed E-state index contributed by atoms with van der Waals surface area (Å²) in [4.78, 5) is 12.3. The van der Waals surface area contributed by atoms with E-state index in [1.807, 2.05) is 0 Å². The van der Waals surface area contributed by atoms with Crippen molar-refractivity contribution in [1.29, 1.82) is 0 Å². The predicted molar refractivity (Wildman–Crippen MR) is 72.3 cm³/mol. The molecule has 1 aromatic rings. The van der Waals surface area contributed by atoms with Crippen LogP contribution in [0, 0.1) is 13.8 Å². The van der Waals surface area contributed by atoms with Gasteiger partial charge in [-0.2, -0.15) is 0 Å². The second-order valence-electron chi connectivity index (χ2n) is 3.68. The highest BCUT2D eigenvalue weighted by Crippen LogP contribution is 2.16. The third-order valence-electron chi connectivity index (χ3n) is 2.24. The van der Waals surface area contributed by atoms with Gasteiger partial charge in [0.2, 0.25) is 5.91 Å². The first kappa shape index (κ1) is 5.11. The number of nitrogens with one attached hydrogen (secondary N) is 1. The first-order chi connectivity index (χ1) is 11.9. The Balaban J connectivity index is 3.25. The molecule has 1 rings (SSSR count). The van der Waals surface area contributed by atoms with Gasteiger partial charge >= 0.3 is 0 Å². The van der Waals surface area contributed by atoms with Gasteiger partial charge in [0, 0.05) is 19.4 Å². The summed E-state index contributed by atoms with van der Waals surface area (Å²) in [6, 6.07) is 5.16. The molecule has 0 heterocycles. The van der Waals surface area contributed by atoms with Crippen molar-refractivity contribution < 1.29 is 18.5 Å². The van der Waals surface area contributed by atoms with Gasteiger partial charge in [0.15, 0.2) is 0 Å². The van der Waals surface area contributed by atoms with Gasteiger partial charge in [-0.25, -0.2) is 0 Å². The normalized spacial score (nSPS) is 22.5. The Morgan fingerprint density at radius 1 is 1.41 bits per heavy atom. The Morgan fingerprint density at radius 3 is 2.76 bits per heavy atom. The van der Waals surface area contributed by atoms with E-state index in [1.165, 1.54) is 0 Å². The molecule has 3 heteroatoms. The van der Waals surface area contributed by atoms with Crippen LogP contribution in [0.2, 0.25) is 0 Å². The van der Waals surface area contributed by atoms with Gasteiger partial charge < -0.3 is 5.32 Å². The highest BCUT2D eigenvalue weighted by atomic mass is 16.2. The lowest BCUT2D eigenvalue weighted by Gasteiger charge is -2.18. The second kappa shape index (κ2) is 6.40. The molecule has 0 aromatic heterocycles. The summed E-state index contributed by atoms with van der Waals surface area (Å²) in [7, 11) is 0. The number of nitrogens with zero attached hydrogens (tertiary/aromatic N) is 1. The minimum Gasteiger partial charge on any atom is -0.325 e. The van der Waals surface area contributed by atoms with Crippen molar-refractivity contribution in [3.8, 4) is 0 Å². The van der Waals surface area contributed by atoms with Crippen LogP contribution in [0.1, 0.15) is 38.5 Å². The second-order valence-corrected chi connectivity index (χ2v) is 3.68. The Bertz CT molecular complexity index is 670. The van der Waals surface area contributed by atoms with Gasteiger partial charge in [0.25, 0.3) is 0 Å². The molecule has 0 aliphatic rings. The highest BCUT2D eigenvalue weighted by Gasteiger charge is 2.08.